The fourth-order valence-corrected chi connectivity index (χ4v) is 3.47. The molecule has 0 spiro atoms. The summed E-state index contributed by atoms with van der Waals surface area (Å²) in [6.07, 6.45) is 4.91. The highest BCUT2D eigenvalue weighted by Crippen LogP contribution is 2.35. The Bertz CT molecular complexity index is 804. The van der Waals surface area contributed by atoms with Gasteiger partial charge in [0.25, 0.3) is 0 Å². The first kappa shape index (κ1) is 14.1. The second kappa shape index (κ2) is 5.95. The number of anilines is 1. The Labute approximate surface area is 135 Å². The average molecular weight is 307 g/mol. The molecule has 4 heteroatoms. The third-order valence-corrected chi connectivity index (χ3v) is 4.63. The molecule has 0 radical (unpaired) electrons. The largest absolute Gasteiger partial charge is 0.489 e. The van der Waals surface area contributed by atoms with Crippen molar-refractivity contribution in [1.82, 2.24) is 9.55 Å². The number of hydrogen-bond donors (Lipinski definition) is 1. The first-order valence-corrected chi connectivity index (χ1v) is 8.25. The predicted octanol–water partition coefficient (Wildman–Crippen LogP) is 4.31. The Balaban J connectivity index is 1.62. The van der Waals surface area contributed by atoms with Gasteiger partial charge in [-0.1, -0.05) is 43.2 Å². The zero-order valence-electron chi connectivity index (χ0n) is 13.1. The number of ether oxygens (including phenoxy) is 1. The third-order valence-electron chi connectivity index (χ3n) is 4.63. The highest BCUT2D eigenvalue weighted by molar-refractivity contribution is 5.80. The lowest BCUT2D eigenvalue weighted by Crippen LogP contribution is -2.08. The smallest absolute Gasteiger partial charge is 0.201 e. The van der Waals surface area contributed by atoms with Gasteiger partial charge in [0.2, 0.25) is 5.95 Å². The van der Waals surface area contributed by atoms with E-state index in [0.717, 1.165) is 22.3 Å². The normalized spacial score (nSPS) is 15.3. The van der Waals surface area contributed by atoms with Crippen molar-refractivity contribution in [2.45, 2.75) is 38.3 Å². The molecular weight excluding hydrogens is 286 g/mol. The molecule has 0 unspecified atom stereocenters. The first-order chi connectivity index (χ1) is 11.3. The van der Waals surface area contributed by atoms with Crippen molar-refractivity contribution < 1.29 is 4.74 Å². The van der Waals surface area contributed by atoms with Gasteiger partial charge in [0, 0.05) is 12.1 Å². The van der Waals surface area contributed by atoms with Gasteiger partial charge in [-0.25, -0.2) is 4.98 Å². The summed E-state index contributed by atoms with van der Waals surface area (Å²) in [6.45, 7) is 0.569. The van der Waals surface area contributed by atoms with E-state index in [0.29, 0.717) is 18.6 Å². The van der Waals surface area contributed by atoms with Crippen molar-refractivity contribution in [3.8, 4) is 5.75 Å². The molecule has 0 atom stereocenters. The molecule has 118 valence electrons. The van der Waals surface area contributed by atoms with Crippen LogP contribution in [0, 0.1) is 0 Å². The minimum absolute atomic E-state index is 0.476. The van der Waals surface area contributed by atoms with E-state index in [1.165, 1.54) is 25.7 Å². The molecule has 1 aliphatic rings. The van der Waals surface area contributed by atoms with Crippen LogP contribution in [0.3, 0.4) is 0 Å². The number of nitrogens with two attached hydrogens (primary N) is 1. The van der Waals surface area contributed by atoms with E-state index in [-0.39, 0.29) is 0 Å². The van der Waals surface area contributed by atoms with E-state index < -0.39 is 0 Å². The van der Waals surface area contributed by atoms with Gasteiger partial charge in [0.05, 0.1) is 11.0 Å². The van der Waals surface area contributed by atoms with Gasteiger partial charge < -0.3 is 15.0 Å². The second-order valence-corrected chi connectivity index (χ2v) is 6.20. The van der Waals surface area contributed by atoms with Gasteiger partial charge in [0.15, 0.2) is 0 Å². The first-order valence-electron chi connectivity index (χ1n) is 8.25. The van der Waals surface area contributed by atoms with Crippen molar-refractivity contribution >= 4 is 17.0 Å². The topological polar surface area (TPSA) is 53.1 Å². The van der Waals surface area contributed by atoms with Crippen LogP contribution in [-0.4, -0.2) is 9.55 Å². The third kappa shape index (κ3) is 2.77. The summed E-state index contributed by atoms with van der Waals surface area (Å²) in [6, 6.07) is 16.7. The summed E-state index contributed by atoms with van der Waals surface area (Å²) in [5.74, 6) is 1.48. The number of hydrogen-bond acceptors (Lipinski definition) is 3. The van der Waals surface area contributed by atoms with Gasteiger partial charge >= 0.3 is 0 Å². The number of nitrogens with zero attached hydrogens (tertiary/aromatic N) is 2. The van der Waals surface area contributed by atoms with Crippen molar-refractivity contribution in [1.29, 1.82) is 0 Å². The maximum atomic E-state index is 6.16. The Kier molecular flexibility index (Phi) is 3.66. The number of fused-ring (bicyclic) bond motifs is 1. The molecule has 1 fully saturated rings. The summed E-state index contributed by atoms with van der Waals surface area (Å²) in [5, 5.41) is 0. The van der Waals surface area contributed by atoms with E-state index in [4.69, 9.17) is 10.5 Å². The fourth-order valence-electron chi connectivity index (χ4n) is 3.47. The van der Waals surface area contributed by atoms with Crippen LogP contribution in [0.25, 0.3) is 11.0 Å². The molecule has 4 rings (SSSR count). The van der Waals surface area contributed by atoms with Gasteiger partial charge in [0.1, 0.15) is 12.4 Å². The molecule has 0 saturated heterocycles. The molecule has 2 N–H and O–H groups in total. The molecule has 23 heavy (non-hydrogen) atoms. The molecule has 1 aliphatic carbocycles. The molecule has 0 aliphatic heterocycles. The molecule has 1 heterocycles. The molecule has 1 saturated carbocycles. The molecular formula is C19H21N3O. The summed E-state index contributed by atoms with van der Waals surface area (Å²) in [7, 11) is 0. The Morgan fingerprint density at radius 2 is 1.87 bits per heavy atom. The maximum absolute atomic E-state index is 6.16. The second-order valence-electron chi connectivity index (χ2n) is 6.20. The summed E-state index contributed by atoms with van der Waals surface area (Å²) in [5.41, 5.74) is 9.35. The summed E-state index contributed by atoms with van der Waals surface area (Å²) >= 11 is 0. The van der Waals surface area contributed by atoms with Crippen LogP contribution in [0.1, 0.15) is 37.3 Å². The number of benzene rings is 2. The molecule has 4 nitrogen and oxygen atoms in total. The van der Waals surface area contributed by atoms with Crippen LogP contribution < -0.4 is 10.5 Å². The summed E-state index contributed by atoms with van der Waals surface area (Å²) in [4.78, 5) is 4.50. The van der Waals surface area contributed by atoms with E-state index in [9.17, 15) is 0 Å². The fraction of sp³-hybridized carbons (Fsp3) is 0.316. The minimum Gasteiger partial charge on any atom is -0.489 e. The van der Waals surface area contributed by atoms with Crippen LogP contribution >= 0.6 is 0 Å². The highest BCUT2D eigenvalue weighted by atomic mass is 16.5. The van der Waals surface area contributed by atoms with Crippen LogP contribution in [-0.2, 0) is 6.61 Å². The van der Waals surface area contributed by atoms with Crippen LogP contribution in [0.15, 0.2) is 48.5 Å². The molecule has 2 aromatic carbocycles. The van der Waals surface area contributed by atoms with Gasteiger partial charge in [-0.3, -0.25) is 0 Å². The quantitative estimate of drug-likeness (QED) is 0.781. The van der Waals surface area contributed by atoms with Gasteiger partial charge in [-0.2, -0.15) is 0 Å². The average Bonchev–Trinajstić information content (AvgIpc) is 3.20. The van der Waals surface area contributed by atoms with E-state index in [2.05, 4.69) is 27.8 Å². The maximum Gasteiger partial charge on any atom is 0.201 e. The zero-order valence-corrected chi connectivity index (χ0v) is 13.1. The van der Waals surface area contributed by atoms with Gasteiger partial charge in [-0.05, 0) is 30.5 Å². The number of nitrogen functional groups attached to an aromatic ring is 1. The SMILES string of the molecule is Nc1nc2ccc(OCc3ccccc3)cc2n1C1CCCC1. The van der Waals surface area contributed by atoms with E-state index >= 15 is 0 Å². The lowest BCUT2D eigenvalue weighted by atomic mass is 10.2. The molecule has 1 aromatic heterocycles. The molecule has 0 bridgehead atoms. The molecule has 0 amide bonds. The zero-order chi connectivity index (χ0) is 15.6. The minimum atomic E-state index is 0.476. The lowest BCUT2D eigenvalue weighted by molar-refractivity contribution is 0.306. The van der Waals surface area contributed by atoms with Crippen LogP contribution in [0.5, 0.6) is 5.75 Å². The van der Waals surface area contributed by atoms with Crippen molar-refractivity contribution in [3.05, 3.63) is 54.1 Å². The Morgan fingerprint density at radius 1 is 1.09 bits per heavy atom. The number of rotatable bonds is 4. The number of aromatic nitrogens is 2. The van der Waals surface area contributed by atoms with E-state index in [1.807, 2.05) is 30.3 Å². The summed E-state index contributed by atoms with van der Waals surface area (Å²) < 4.78 is 8.14. The van der Waals surface area contributed by atoms with Crippen LogP contribution in [0.4, 0.5) is 5.95 Å². The lowest BCUT2D eigenvalue weighted by Gasteiger charge is -2.14. The predicted molar refractivity (Wildman–Crippen MR) is 92.4 cm³/mol. The Hall–Kier alpha value is -2.49. The van der Waals surface area contributed by atoms with E-state index in [1.54, 1.807) is 0 Å². The highest BCUT2D eigenvalue weighted by Gasteiger charge is 2.21. The van der Waals surface area contributed by atoms with Crippen molar-refractivity contribution in [2.75, 3.05) is 5.73 Å². The van der Waals surface area contributed by atoms with Gasteiger partial charge in [-0.15, -0.1) is 0 Å². The monoisotopic (exact) mass is 307 g/mol. The number of imidazole rings is 1. The van der Waals surface area contributed by atoms with Crippen molar-refractivity contribution in [2.24, 2.45) is 0 Å². The Morgan fingerprint density at radius 3 is 2.65 bits per heavy atom. The van der Waals surface area contributed by atoms with Crippen molar-refractivity contribution in [3.63, 3.8) is 0 Å². The van der Waals surface area contributed by atoms with Crippen LogP contribution in [0.2, 0.25) is 0 Å². The standard InChI is InChI=1S/C19H21N3O/c20-19-21-17-11-10-16(23-13-14-6-2-1-3-7-14)12-18(17)22(19)15-8-4-5-9-15/h1-3,6-7,10-12,15H,4-5,8-9,13H2,(H2,20,21). The molecule has 3 aromatic rings.